The minimum Gasteiger partial charge on any atom is -0.483 e. The topological polar surface area (TPSA) is 50.7 Å². The summed E-state index contributed by atoms with van der Waals surface area (Å²) in [5.41, 5.74) is 4.20. The first-order valence-corrected chi connectivity index (χ1v) is 7.46. The third kappa shape index (κ3) is 5.60. The van der Waals surface area contributed by atoms with Crippen molar-refractivity contribution >= 4 is 23.7 Å². The van der Waals surface area contributed by atoms with Gasteiger partial charge in [0.15, 0.2) is 6.61 Å². The molecule has 2 aromatic rings. The highest BCUT2D eigenvalue weighted by molar-refractivity contribution is 6.30. The number of halogens is 1. The maximum atomic E-state index is 11.7. The lowest BCUT2D eigenvalue weighted by Crippen LogP contribution is -2.24. The van der Waals surface area contributed by atoms with Gasteiger partial charge in [-0.3, -0.25) is 4.79 Å². The minimum absolute atomic E-state index is 0.110. The van der Waals surface area contributed by atoms with E-state index in [0.717, 1.165) is 11.1 Å². The third-order valence-electron chi connectivity index (χ3n) is 2.95. The van der Waals surface area contributed by atoms with Gasteiger partial charge in [0.2, 0.25) is 0 Å². The summed E-state index contributed by atoms with van der Waals surface area (Å²) in [6.45, 7) is 3.59. The average molecular weight is 329 g/mol. The van der Waals surface area contributed by atoms with Gasteiger partial charge in [-0.1, -0.05) is 48.0 Å². The number of rotatable bonds is 7. The highest BCUT2D eigenvalue weighted by Gasteiger charge is 2.05. The molecule has 0 radical (unpaired) electrons. The summed E-state index contributed by atoms with van der Waals surface area (Å²) in [4.78, 5) is 11.7. The molecule has 0 atom stereocenters. The molecule has 0 aliphatic carbocycles. The van der Waals surface area contributed by atoms with Crippen LogP contribution in [0.5, 0.6) is 5.75 Å². The molecule has 2 rings (SSSR count). The van der Waals surface area contributed by atoms with Crippen LogP contribution in [0.2, 0.25) is 5.02 Å². The van der Waals surface area contributed by atoms with Gasteiger partial charge < -0.3 is 4.74 Å². The molecular formula is C18H17ClN2O2. The number of amides is 1. The smallest absolute Gasteiger partial charge is 0.277 e. The molecule has 0 aliphatic rings. The van der Waals surface area contributed by atoms with Crippen molar-refractivity contribution < 1.29 is 9.53 Å². The number of hydrazone groups is 1. The van der Waals surface area contributed by atoms with E-state index in [-0.39, 0.29) is 12.5 Å². The van der Waals surface area contributed by atoms with E-state index in [4.69, 9.17) is 16.3 Å². The highest BCUT2D eigenvalue weighted by atomic mass is 35.5. The maximum absolute atomic E-state index is 11.7. The number of para-hydroxylation sites is 1. The summed E-state index contributed by atoms with van der Waals surface area (Å²) in [6, 6.07) is 14.7. The molecule has 0 fully saturated rings. The van der Waals surface area contributed by atoms with Crippen LogP contribution in [0.15, 0.2) is 66.3 Å². The van der Waals surface area contributed by atoms with Gasteiger partial charge in [0.05, 0.1) is 6.21 Å². The van der Waals surface area contributed by atoms with Gasteiger partial charge >= 0.3 is 0 Å². The van der Waals surface area contributed by atoms with E-state index in [9.17, 15) is 4.79 Å². The summed E-state index contributed by atoms with van der Waals surface area (Å²) in [5, 5.41) is 4.49. The lowest BCUT2D eigenvalue weighted by molar-refractivity contribution is -0.123. The first-order chi connectivity index (χ1) is 11.2. The van der Waals surface area contributed by atoms with E-state index in [2.05, 4.69) is 17.1 Å². The van der Waals surface area contributed by atoms with Gasteiger partial charge in [-0.25, -0.2) is 5.43 Å². The number of hydrogen-bond donors (Lipinski definition) is 1. The normalized spacial score (nSPS) is 10.5. The van der Waals surface area contributed by atoms with Gasteiger partial charge in [0.1, 0.15) is 5.75 Å². The highest BCUT2D eigenvalue weighted by Crippen LogP contribution is 2.18. The summed E-state index contributed by atoms with van der Waals surface area (Å²) in [6.07, 6.45) is 4.00. The van der Waals surface area contributed by atoms with Crippen molar-refractivity contribution in [1.29, 1.82) is 0 Å². The monoisotopic (exact) mass is 328 g/mol. The van der Waals surface area contributed by atoms with Crippen molar-refractivity contribution in [2.45, 2.75) is 6.42 Å². The molecule has 23 heavy (non-hydrogen) atoms. The van der Waals surface area contributed by atoms with Crippen LogP contribution in [-0.2, 0) is 11.2 Å². The molecule has 0 aromatic heterocycles. The Morgan fingerprint density at radius 3 is 2.87 bits per heavy atom. The van der Waals surface area contributed by atoms with Crippen LogP contribution in [0.4, 0.5) is 0 Å². The third-order valence-corrected chi connectivity index (χ3v) is 3.18. The predicted molar refractivity (Wildman–Crippen MR) is 93.0 cm³/mol. The summed E-state index contributed by atoms with van der Waals surface area (Å²) in [7, 11) is 0. The molecule has 4 nitrogen and oxygen atoms in total. The molecule has 0 unspecified atom stereocenters. The van der Waals surface area contributed by atoms with Crippen molar-refractivity contribution in [3.05, 3.63) is 77.3 Å². The molecule has 1 amide bonds. The average Bonchev–Trinajstić information content (AvgIpc) is 2.54. The second-order valence-corrected chi connectivity index (χ2v) is 5.17. The Labute approximate surface area is 140 Å². The molecule has 0 aliphatic heterocycles. The van der Waals surface area contributed by atoms with Crippen LogP contribution in [0.25, 0.3) is 0 Å². The Bertz CT molecular complexity index is 714. The summed E-state index contributed by atoms with van der Waals surface area (Å²) < 4.78 is 5.52. The lowest BCUT2D eigenvalue weighted by Gasteiger charge is -2.09. The molecular weight excluding hydrogens is 312 g/mol. The Morgan fingerprint density at radius 2 is 2.09 bits per heavy atom. The number of allylic oxidation sites excluding steroid dienone is 1. The van der Waals surface area contributed by atoms with Crippen molar-refractivity contribution in [3.63, 3.8) is 0 Å². The molecule has 0 bridgehead atoms. The van der Waals surface area contributed by atoms with E-state index in [1.807, 2.05) is 36.4 Å². The molecule has 0 spiro atoms. The number of benzene rings is 2. The van der Waals surface area contributed by atoms with E-state index in [1.165, 1.54) is 6.21 Å². The van der Waals surface area contributed by atoms with Crippen LogP contribution in [0, 0.1) is 0 Å². The maximum Gasteiger partial charge on any atom is 0.277 e. The SMILES string of the molecule is C=CCc1ccccc1OCC(=O)NN=Cc1cccc(Cl)c1. The second-order valence-electron chi connectivity index (χ2n) is 4.74. The van der Waals surface area contributed by atoms with Crippen LogP contribution in [-0.4, -0.2) is 18.7 Å². The number of nitrogens with one attached hydrogen (secondary N) is 1. The molecule has 0 heterocycles. The van der Waals surface area contributed by atoms with Crippen LogP contribution >= 0.6 is 11.6 Å². The number of nitrogens with zero attached hydrogens (tertiary/aromatic N) is 1. The largest absolute Gasteiger partial charge is 0.483 e. The molecule has 1 N–H and O–H groups in total. The fourth-order valence-corrected chi connectivity index (χ4v) is 2.11. The first kappa shape index (κ1) is 16.8. The van der Waals surface area contributed by atoms with E-state index in [1.54, 1.807) is 18.2 Å². The van der Waals surface area contributed by atoms with Gasteiger partial charge in [-0.05, 0) is 35.7 Å². The Morgan fingerprint density at radius 1 is 1.26 bits per heavy atom. The Balaban J connectivity index is 1.85. The van der Waals surface area contributed by atoms with E-state index in [0.29, 0.717) is 17.2 Å². The van der Waals surface area contributed by atoms with E-state index < -0.39 is 0 Å². The van der Waals surface area contributed by atoms with Crippen molar-refractivity contribution in [3.8, 4) is 5.75 Å². The number of ether oxygens (including phenoxy) is 1. The fraction of sp³-hybridized carbons (Fsp3) is 0.111. The zero-order valence-electron chi connectivity index (χ0n) is 12.5. The summed E-state index contributed by atoms with van der Waals surface area (Å²) >= 11 is 5.87. The lowest BCUT2D eigenvalue weighted by atomic mass is 10.1. The van der Waals surface area contributed by atoms with Crippen molar-refractivity contribution in [2.24, 2.45) is 5.10 Å². The van der Waals surface area contributed by atoms with E-state index >= 15 is 0 Å². The standard InChI is InChI=1S/C18H17ClN2O2/c1-2-6-15-8-3-4-10-17(15)23-13-18(22)21-20-12-14-7-5-9-16(19)11-14/h2-5,7-12H,1,6,13H2,(H,21,22). The number of carbonyl (C=O) groups is 1. The zero-order valence-corrected chi connectivity index (χ0v) is 13.3. The summed E-state index contributed by atoms with van der Waals surface area (Å²) in [5.74, 6) is 0.332. The van der Waals surface area contributed by atoms with Crippen LogP contribution in [0.3, 0.4) is 0 Å². The number of carbonyl (C=O) groups excluding carboxylic acids is 1. The second kappa shape index (κ2) is 8.76. The molecule has 2 aromatic carbocycles. The zero-order chi connectivity index (χ0) is 16.5. The predicted octanol–water partition coefficient (Wildman–Crippen LogP) is 3.60. The molecule has 5 heteroatoms. The fourth-order valence-electron chi connectivity index (χ4n) is 1.91. The van der Waals surface area contributed by atoms with Crippen molar-refractivity contribution in [1.82, 2.24) is 5.43 Å². The van der Waals surface area contributed by atoms with Crippen molar-refractivity contribution in [2.75, 3.05) is 6.61 Å². The van der Waals surface area contributed by atoms with Crippen LogP contribution < -0.4 is 10.2 Å². The first-order valence-electron chi connectivity index (χ1n) is 7.08. The molecule has 0 saturated carbocycles. The van der Waals surface area contributed by atoms with Gasteiger partial charge in [0, 0.05) is 5.02 Å². The van der Waals surface area contributed by atoms with Crippen LogP contribution in [0.1, 0.15) is 11.1 Å². The van der Waals surface area contributed by atoms with Gasteiger partial charge in [0.25, 0.3) is 5.91 Å². The minimum atomic E-state index is -0.336. The Kier molecular flexibility index (Phi) is 6.39. The Hall–Kier alpha value is -2.59. The quantitative estimate of drug-likeness (QED) is 0.479. The molecule has 0 saturated heterocycles. The molecule has 118 valence electrons. The number of hydrogen-bond acceptors (Lipinski definition) is 3. The van der Waals surface area contributed by atoms with Gasteiger partial charge in [-0.15, -0.1) is 6.58 Å². The van der Waals surface area contributed by atoms with Gasteiger partial charge in [-0.2, -0.15) is 5.10 Å².